The minimum absolute atomic E-state index is 0.445. The molecule has 1 rings (SSSR count). The summed E-state index contributed by atoms with van der Waals surface area (Å²) >= 11 is 0. The third kappa shape index (κ3) is 2.24. The first-order chi connectivity index (χ1) is 7.34. The predicted molar refractivity (Wildman–Crippen MR) is 66.1 cm³/mol. The Hall–Kier alpha value is -1.78. The number of nitrogens with two attached hydrogens (primary N) is 1. The highest BCUT2D eigenvalue weighted by Gasteiger charge is 2.16. The molecule has 5 nitrogen and oxygen atoms in total. The molecule has 0 aliphatic rings. The summed E-state index contributed by atoms with van der Waals surface area (Å²) in [4.78, 5) is 19.5. The van der Waals surface area contributed by atoms with Gasteiger partial charge in [0.2, 0.25) is 0 Å². The van der Waals surface area contributed by atoms with Crippen molar-refractivity contribution in [3.8, 4) is 0 Å². The molecule has 5 heteroatoms. The van der Waals surface area contributed by atoms with Crippen LogP contribution in [0.15, 0.2) is 6.07 Å². The highest BCUT2D eigenvalue weighted by molar-refractivity contribution is 5.99. The summed E-state index contributed by atoms with van der Waals surface area (Å²) in [7, 11) is 7.50. The summed E-state index contributed by atoms with van der Waals surface area (Å²) in [6.45, 7) is 1.86. The van der Waals surface area contributed by atoms with Crippen LogP contribution in [-0.2, 0) is 0 Å². The Labute approximate surface area is 95.9 Å². The quantitative estimate of drug-likeness (QED) is 0.814. The molecule has 0 aliphatic heterocycles. The molecule has 0 saturated heterocycles. The number of primary amides is 1. The summed E-state index contributed by atoms with van der Waals surface area (Å²) in [6, 6.07) is 1.85. The van der Waals surface area contributed by atoms with Crippen LogP contribution in [0.5, 0.6) is 0 Å². The normalized spacial score (nSPS) is 10.1. The van der Waals surface area contributed by atoms with Crippen molar-refractivity contribution in [1.29, 1.82) is 0 Å². The fourth-order valence-corrected chi connectivity index (χ4v) is 1.50. The zero-order valence-corrected chi connectivity index (χ0v) is 10.4. The Bertz CT molecular complexity index is 413. The monoisotopic (exact) mass is 222 g/mol. The van der Waals surface area contributed by atoms with E-state index >= 15 is 0 Å². The standard InChI is InChI=1S/C11H18N4O/c1-7-6-8(14(2)3)13-11(15(4)5)9(7)10(12)16/h6H,1-5H3,(H2,12,16). The average molecular weight is 222 g/mol. The zero-order chi connectivity index (χ0) is 12.5. The van der Waals surface area contributed by atoms with E-state index in [9.17, 15) is 4.79 Å². The van der Waals surface area contributed by atoms with Gasteiger partial charge in [0.15, 0.2) is 0 Å². The molecule has 0 aromatic carbocycles. The van der Waals surface area contributed by atoms with E-state index in [0.717, 1.165) is 11.4 Å². The number of carbonyl (C=O) groups is 1. The summed E-state index contributed by atoms with van der Waals surface area (Å²) in [5.74, 6) is 0.974. The van der Waals surface area contributed by atoms with Gasteiger partial charge in [0, 0.05) is 28.2 Å². The number of amides is 1. The highest BCUT2D eigenvalue weighted by Crippen LogP contribution is 2.23. The number of aromatic nitrogens is 1. The first-order valence-corrected chi connectivity index (χ1v) is 5.00. The van der Waals surface area contributed by atoms with Gasteiger partial charge in [-0.3, -0.25) is 4.79 Å². The van der Waals surface area contributed by atoms with Crippen molar-refractivity contribution in [3.63, 3.8) is 0 Å². The highest BCUT2D eigenvalue weighted by atomic mass is 16.1. The van der Waals surface area contributed by atoms with Crippen LogP contribution in [-0.4, -0.2) is 39.1 Å². The predicted octanol–water partition coefficient (Wildman–Crippen LogP) is 0.621. The fourth-order valence-electron chi connectivity index (χ4n) is 1.50. The van der Waals surface area contributed by atoms with Gasteiger partial charge in [-0.25, -0.2) is 4.98 Å². The average Bonchev–Trinajstić information content (AvgIpc) is 2.15. The number of hydrogen-bond acceptors (Lipinski definition) is 4. The summed E-state index contributed by atoms with van der Waals surface area (Å²) in [6.07, 6.45) is 0. The Morgan fingerprint density at radius 3 is 2.19 bits per heavy atom. The van der Waals surface area contributed by atoms with Gasteiger partial charge < -0.3 is 15.5 Å². The maximum Gasteiger partial charge on any atom is 0.252 e. The van der Waals surface area contributed by atoms with Gasteiger partial charge in [-0.1, -0.05) is 0 Å². The van der Waals surface area contributed by atoms with Gasteiger partial charge >= 0.3 is 0 Å². The summed E-state index contributed by atoms with van der Waals surface area (Å²) < 4.78 is 0. The molecule has 1 amide bonds. The Morgan fingerprint density at radius 2 is 1.81 bits per heavy atom. The van der Waals surface area contributed by atoms with Crippen molar-refractivity contribution < 1.29 is 4.79 Å². The Kier molecular flexibility index (Phi) is 3.37. The lowest BCUT2D eigenvalue weighted by Gasteiger charge is -2.20. The fraction of sp³-hybridized carbons (Fsp3) is 0.455. The van der Waals surface area contributed by atoms with E-state index < -0.39 is 5.91 Å². The van der Waals surface area contributed by atoms with Crippen LogP contribution in [0.25, 0.3) is 0 Å². The van der Waals surface area contributed by atoms with Gasteiger partial charge in [0.05, 0.1) is 5.56 Å². The third-order valence-corrected chi connectivity index (χ3v) is 2.31. The largest absolute Gasteiger partial charge is 0.365 e. The van der Waals surface area contributed by atoms with Crippen molar-refractivity contribution >= 4 is 17.5 Å². The second kappa shape index (κ2) is 4.38. The van der Waals surface area contributed by atoms with Crippen LogP contribution in [0.2, 0.25) is 0 Å². The molecule has 1 heterocycles. The summed E-state index contributed by atoms with van der Waals surface area (Å²) in [5, 5.41) is 0. The van der Waals surface area contributed by atoms with Gasteiger partial charge in [-0.2, -0.15) is 0 Å². The number of nitrogens with zero attached hydrogens (tertiary/aromatic N) is 3. The molecule has 0 spiro atoms. The van der Waals surface area contributed by atoms with Crippen molar-refractivity contribution in [2.45, 2.75) is 6.92 Å². The minimum atomic E-state index is -0.445. The van der Waals surface area contributed by atoms with Gasteiger partial charge in [-0.05, 0) is 18.6 Å². The number of carbonyl (C=O) groups excluding carboxylic acids is 1. The van der Waals surface area contributed by atoms with Gasteiger partial charge in [-0.15, -0.1) is 0 Å². The number of pyridine rings is 1. The smallest absolute Gasteiger partial charge is 0.252 e. The topological polar surface area (TPSA) is 62.5 Å². The van der Waals surface area contributed by atoms with Crippen LogP contribution >= 0.6 is 0 Å². The van der Waals surface area contributed by atoms with Crippen LogP contribution in [0, 0.1) is 6.92 Å². The maximum atomic E-state index is 11.4. The lowest BCUT2D eigenvalue weighted by Crippen LogP contribution is -2.23. The van der Waals surface area contributed by atoms with Gasteiger partial charge in [0.25, 0.3) is 5.91 Å². The molecular weight excluding hydrogens is 204 g/mol. The number of rotatable bonds is 3. The Balaban J connectivity index is 3.45. The van der Waals surface area contributed by atoms with E-state index in [2.05, 4.69) is 4.98 Å². The maximum absolute atomic E-state index is 11.4. The molecule has 1 aromatic heterocycles. The molecule has 2 N–H and O–H groups in total. The molecular formula is C11H18N4O. The van der Waals surface area contributed by atoms with E-state index in [-0.39, 0.29) is 0 Å². The second-order valence-corrected chi connectivity index (χ2v) is 4.15. The van der Waals surface area contributed by atoms with Crippen molar-refractivity contribution in [3.05, 3.63) is 17.2 Å². The molecule has 0 saturated carbocycles. The molecule has 0 unspecified atom stereocenters. The molecule has 0 bridgehead atoms. The van der Waals surface area contributed by atoms with Crippen LogP contribution in [0.3, 0.4) is 0 Å². The van der Waals surface area contributed by atoms with Crippen molar-refractivity contribution in [1.82, 2.24) is 4.98 Å². The molecule has 88 valence electrons. The summed E-state index contributed by atoms with van der Waals surface area (Å²) in [5.41, 5.74) is 6.68. The van der Waals surface area contributed by atoms with Crippen LogP contribution in [0.1, 0.15) is 15.9 Å². The molecule has 0 atom stereocenters. The second-order valence-electron chi connectivity index (χ2n) is 4.15. The molecule has 0 aliphatic carbocycles. The molecule has 0 fully saturated rings. The van der Waals surface area contributed by atoms with Crippen LogP contribution in [0.4, 0.5) is 11.6 Å². The van der Waals surface area contributed by atoms with E-state index in [4.69, 9.17) is 5.73 Å². The van der Waals surface area contributed by atoms with Crippen molar-refractivity contribution in [2.75, 3.05) is 38.0 Å². The molecule has 1 aromatic rings. The number of aryl methyl sites for hydroxylation is 1. The lowest BCUT2D eigenvalue weighted by atomic mass is 10.1. The molecule has 16 heavy (non-hydrogen) atoms. The first-order valence-electron chi connectivity index (χ1n) is 5.00. The Morgan fingerprint density at radius 1 is 1.25 bits per heavy atom. The first kappa shape index (κ1) is 12.3. The van der Waals surface area contributed by atoms with Crippen molar-refractivity contribution in [2.24, 2.45) is 5.73 Å². The van der Waals surface area contributed by atoms with Crippen LogP contribution < -0.4 is 15.5 Å². The van der Waals surface area contributed by atoms with E-state index in [0.29, 0.717) is 11.4 Å². The third-order valence-electron chi connectivity index (χ3n) is 2.31. The van der Waals surface area contributed by atoms with E-state index in [1.165, 1.54) is 0 Å². The van der Waals surface area contributed by atoms with E-state index in [1.54, 1.807) is 4.90 Å². The zero-order valence-electron chi connectivity index (χ0n) is 10.4. The number of anilines is 2. The number of hydrogen-bond donors (Lipinski definition) is 1. The molecule has 0 radical (unpaired) electrons. The SMILES string of the molecule is Cc1cc(N(C)C)nc(N(C)C)c1C(N)=O. The van der Waals surface area contributed by atoms with Gasteiger partial charge in [0.1, 0.15) is 11.6 Å². The lowest BCUT2D eigenvalue weighted by molar-refractivity contribution is 0.1000. The minimum Gasteiger partial charge on any atom is -0.365 e. The van der Waals surface area contributed by atoms with E-state index in [1.807, 2.05) is 46.1 Å².